The molecule has 0 heterocycles. The normalized spacial score (nSPS) is 18.3. The van der Waals surface area contributed by atoms with E-state index < -0.39 is 0 Å². The minimum absolute atomic E-state index is 0.860. The molecule has 0 radical (unpaired) electrons. The van der Waals surface area contributed by atoms with Crippen LogP contribution in [-0.2, 0) is 0 Å². The first-order valence-corrected chi connectivity index (χ1v) is 6.41. The smallest absolute Gasteiger partial charge is 0.00862 e. The van der Waals surface area contributed by atoms with Crippen LogP contribution in [-0.4, -0.2) is 0 Å². The van der Waals surface area contributed by atoms with Gasteiger partial charge in [-0.15, -0.1) is 0 Å². The molecule has 1 aliphatic carbocycles. The Labute approximate surface area is 94.4 Å². The van der Waals surface area contributed by atoms with E-state index in [4.69, 9.17) is 5.73 Å². The molecule has 1 heteroatoms. The molecule has 0 fully saturated rings. The van der Waals surface area contributed by atoms with E-state index in [1.54, 1.807) is 0 Å². The van der Waals surface area contributed by atoms with Crippen LogP contribution >= 0.6 is 0 Å². The molecule has 0 aromatic carbocycles. The molecule has 0 saturated carbocycles. The average Bonchev–Trinajstić information content (AvgIpc) is 2.24. The Balaban J connectivity index is 2.41. The molecule has 86 valence electrons. The van der Waals surface area contributed by atoms with Gasteiger partial charge in [0.25, 0.3) is 0 Å². The second-order valence-electron chi connectivity index (χ2n) is 4.66. The summed E-state index contributed by atoms with van der Waals surface area (Å²) in [5.41, 5.74) is 8.40. The van der Waals surface area contributed by atoms with Gasteiger partial charge < -0.3 is 5.73 Å². The van der Waals surface area contributed by atoms with E-state index in [0.29, 0.717) is 0 Å². The minimum Gasteiger partial charge on any atom is -0.402 e. The largest absolute Gasteiger partial charge is 0.402 e. The maximum Gasteiger partial charge on any atom is 0.00862 e. The molecular formula is C14H25N. The van der Waals surface area contributed by atoms with Crippen molar-refractivity contribution in [1.82, 2.24) is 0 Å². The molecule has 1 nitrogen and oxygen atoms in total. The second-order valence-corrected chi connectivity index (χ2v) is 4.66. The Hall–Kier alpha value is -0.720. The average molecular weight is 207 g/mol. The lowest BCUT2D eigenvalue weighted by atomic mass is 9.89. The predicted molar refractivity (Wildman–Crippen MR) is 67.5 cm³/mol. The van der Waals surface area contributed by atoms with Crippen LogP contribution in [0.25, 0.3) is 0 Å². The first kappa shape index (κ1) is 12.4. The molecule has 1 rings (SSSR count). The molecular weight excluding hydrogens is 182 g/mol. The Morgan fingerprint density at radius 3 is 2.80 bits per heavy atom. The number of unbranched alkanes of at least 4 members (excludes halogenated alkanes) is 1. The van der Waals surface area contributed by atoms with Crippen LogP contribution in [0.1, 0.15) is 58.8 Å². The van der Waals surface area contributed by atoms with Gasteiger partial charge in [-0.3, -0.25) is 0 Å². The lowest BCUT2D eigenvalue weighted by Crippen LogP contribution is -2.05. The van der Waals surface area contributed by atoms with Crippen molar-refractivity contribution in [2.75, 3.05) is 0 Å². The van der Waals surface area contributed by atoms with Crippen molar-refractivity contribution in [1.29, 1.82) is 0 Å². The third-order valence-electron chi connectivity index (χ3n) is 3.28. The number of hydrogen-bond acceptors (Lipinski definition) is 1. The van der Waals surface area contributed by atoms with Crippen molar-refractivity contribution >= 4 is 0 Å². The van der Waals surface area contributed by atoms with Crippen molar-refractivity contribution in [3.8, 4) is 0 Å². The van der Waals surface area contributed by atoms with Gasteiger partial charge in [-0.2, -0.15) is 0 Å². The van der Waals surface area contributed by atoms with Gasteiger partial charge in [-0.1, -0.05) is 51.2 Å². The molecule has 15 heavy (non-hydrogen) atoms. The van der Waals surface area contributed by atoms with Crippen molar-refractivity contribution in [2.45, 2.75) is 58.8 Å². The van der Waals surface area contributed by atoms with Crippen molar-refractivity contribution in [3.05, 3.63) is 23.4 Å². The summed E-state index contributed by atoms with van der Waals surface area (Å²) in [6.45, 7) is 4.57. The summed E-state index contributed by atoms with van der Waals surface area (Å²) in [6, 6.07) is 0. The quantitative estimate of drug-likeness (QED) is 0.695. The van der Waals surface area contributed by atoms with Gasteiger partial charge in [0.1, 0.15) is 0 Å². The van der Waals surface area contributed by atoms with Crippen molar-refractivity contribution < 1.29 is 0 Å². The van der Waals surface area contributed by atoms with Crippen LogP contribution in [0.3, 0.4) is 0 Å². The summed E-state index contributed by atoms with van der Waals surface area (Å²) in [7, 11) is 0. The van der Waals surface area contributed by atoms with Gasteiger partial charge >= 0.3 is 0 Å². The summed E-state index contributed by atoms with van der Waals surface area (Å²) in [5, 5.41) is 0. The molecule has 0 aliphatic heterocycles. The Morgan fingerprint density at radius 1 is 1.40 bits per heavy atom. The second kappa shape index (κ2) is 6.71. The zero-order chi connectivity index (χ0) is 11.1. The maximum atomic E-state index is 5.86. The van der Waals surface area contributed by atoms with Crippen molar-refractivity contribution in [2.24, 2.45) is 11.7 Å². The monoisotopic (exact) mass is 207 g/mol. The third kappa shape index (κ3) is 4.55. The molecule has 0 spiro atoms. The number of rotatable bonds is 6. The fraction of sp³-hybridized carbons (Fsp3) is 0.714. The van der Waals surface area contributed by atoms with Gasteiger partial charge in [0, 0.05) is 5.70 Å². The SMILES string of the molecule is CCCCC(CC)CC1=CCCC(N)=C1. The number of allylic oxidation sites excluding steroid dienone is 4. The van der Waals surface area contributed by atoms with E-state index in [2.05, 4.69) is 26.0 Å². The maximum absolute atomic E-state index is 5.86. The van der Waals surface area contributed by atoms with E-state index in [1.165, 1.54) is 37.7 Å². The lowest BCUT2D eigenvalue weighted by molar-refractivity contribution is 0.449. The van der Waals surface area contributed by atoms with Gasteiger partial charge in [0.15, 0.2) is 0 Å². The topological polar surface area (TPSA) is 26.0 Å². The molecule has 2 N–H and O–H groups in total. The van der Waals surface area contributed by atoms with E-state index in [-0.39, 0.29) is 0 Å². The van der Waals surface area contributed by atoms with E-state index in [9.17, 15) is 0 Å². The number of nitrogens with two attached hydrogens (primary N) is 1. The number of hydrogen-bond donors (Lipinski definition) is 1. The highest BCUT2D eigenvalue weighted by atomic mass is 14.6. The summed E-state index contributed by atoms with van der Waals surface area (Å²) in [5.74, 6) is 0.860. The van der Waals surface area contributed by atoms with E-state index >= 15 is 0 Å². The zero-order valence-electron chi connectivity index (χ0n) is 10.3. The molecule has 0 aromatic rings. The van der Waals surface area contributed by atoms with Crippen LogP contribution in [0.5, 0.6) is 0 Å². The summed E-state index contributed by atoms with van der Waals surface area (Å²) in [6.07, 6.45) is 13.3. The van der Waals surface area contributed by atoms with Gasteiger partial charge in [0.2, 0.25) is 0 Å². The predicted octanol–water partition coefficient (Wildman–Crippen LogP) is 4.16. The molecule has 0 aromatic heterocycles. The first-order chi connectivity index (χ1) is 7.26. The molecule has 0 bridgehead atoms. The summed E-state index contributed by atoms with van der Waals surface area (Å²) < 4.78 is 0. The molecule has 0 saturated heterocycles. The Kier molecular flexibility index (Phi) is 5.52. The molecule has 1 aliphatic rings. The molecule has 1 atom stereocenters. The Bertz CT molecular complexity index is 238. The van der Waals surface area contributed by atoms with Crippen LogP contribution in [0.4, 0.5) is 0 Å². The highest BCUT2D eigenvalue weighted by Gasteiger charge is 2.09. The highest BCUT2D eigenvalue weighted by Crippen LogP contribution is 2.25. The lowest BCUT2D eigenvalue weighted by Gasteiger charge is -2.17. The van der Waals surface area contributed by atoms with Crippen LogP contribution in [0.2, 0.25) is 0 Å². The van der Waals surface area contributed by atoms with Gasteiger partial charge in [-0.25, -0.2) is 0 Å². The molecule has 1 unspecified atom stereocenters. The van der Waals surface area contributed by atoms with Crippen LogP contribution in [0.15, 0.2) is 23.4 Å². The minimum atomic E-state index is 0.860. The van der Waals surface area contributed by atoms with Crippen LogP contribution < -0.4 is 5.73 Å². The highest BCUT2D eigenvalue weighted by molar-refractivity contribution is 5.26. The standard InChI is InChI=1S/C14H25N/c1-3-5-7-12(4-2)10-13-8-6-9-14(15)11-13/h8,11-12H,3-7,9-10,15H2,1-2H3. The van der Waals surface area contributed by atoms with Crippen molar-refractivity contribution in [3.63, 3.8) is 0 Å². The fourth-order valence-electron chi connectivity index (χ4n) is 2.21. The van der Waals surface area contributed by atoms with Gasteiger partial charge in [-0.05, 0) is 31.3 Å². The summed E-state index contributed by atoms with van der Waals surface area (Å²) >= 11 is 0. The van der Waals surface area contributed by atoms with Crippen LogP contribution in [0, 0.1) is 5.92 Å². The third-order valence-corrected chi connectivity index (χ3v) is 3.28. The Morgan fingerprint density at radius 2 is 2.20 bits per heavy atom. The van der Waals surface area contributed by atoms with Gasteiger partial charge in [0.05, 0.1) is 0 Å². The van der Waals surface area contributed by atoms with E-state index in [0.717, 1.165) is 24.5 Å². The summed E-state index contributed by atoms with van der Waals surface area (Å²) in [4.78, 5) is 0. The van der Waals surface area contributed by atoms with E-state index in [1.807, 2.05) is 0 Å². The first-order valence-electron chi connectivity index (χ1n) is 6.41. The fourth-order valence-corrected chi connectivity index (χ4v) is 2.21. The molecule has 0 amide bonds. The zero-order valence-corrected chi connectivity index (χ0v) is 10.3.